The molecule has 0 saturated heterocycles. The number of rotatable bonds is 6. The summed E-state index contributed by atoms with van der Waals surface area (Å²) in [6.45, 7) is 0.176. The Hall–Kier alpha value is -4.08. The highest BCUT2D eigenvalue weighted by molar-refractivity contribution is 5.78. The van der Waals surface area contributed by atoms with Gasteiger partial charge in [-0.05, 0) is 12.1 Å². The number of nitrogens with two attached hydrogens (primary N) is 1. The van der Waals surface area contributed by atoms with Gasteiger partial charge in [-0.3, -0.25) is 9.48 Å². The van der Waals surface area contributed by atoms with Crippen molar-refractivity contribution in [1.82, 2.24) is 24.9 Å². The summed E-state index contributed by atoms with van der Waals surface area (Å²) >= 11 is 0. The molecule has 0 aliphatic heterocycles. The fourth-order valence-electron chi connectivity index (χ4n) is 2.68. The van der Waals surface area contributed by atoms with E-state index in [0.29, 0.717) is 34.7 Å². The Morgan fingerprint density at radius 3 is 2.82 bits per heavy atom. The van der Waals surface area contributed by atoms with Gasteiger partial charge in [0.1, 0.15) is 29.2 Å². The van der Waals surface area contributed by atoms with Crippen molar-refractivity contribution in [2.75, 3.05) is 11.1 Å². The number of carbonyl (C=O) groups excluding carboxylic acids is 1. The molecule has 140 valence electrons. The van der Waals surface area contributed by atoms with Crippen molar-refractivity contribution in [3.05, 3.63) is 60.2 Å². The van der Waals surface area contributed by atoms with Crippen LogP contribution in [0.1, 0.15) is 5.56 Å². The Balaban J connectivity index is 1.76. The number of halogens is 1. The first-order valence-electron chi connectivity index (χ1n) is 8.21. The molecule has 10 heteroatoms. The first-order chi connectivity index (χ1) is 13.7. The van der Waals surface area contributed by atoms with E-state index in [0.717, 1.165) is 0 Å². The van der Waals surface area contributed by atoms with Crippen molar-refractivity contribution < 1.29 is 13.7 Å². The summed E-state index contributed by atoms with van der Waals surface area (Å²) in [5.41, 5.74) is 8.15. The second-order valence-electron chi connectivity index (χ2n) is 5.80. The molecule has 0 unspecified atom stereocenters. The van der Waals surface area contributed by atoms with Gasteiger partial charge >= 0.3 is 0 Å². The number of hydrogen-bond donors (Lipinski definition) is 2. The van der Waals surface area contributed by atoms with Crippen molar-refractivity contribution >= 4 is 17.9 Å². The Morgan fingerprint density at radius 1 is 1.25 bits per heavy atom. The molecule has 3 aromatic heterocycles. The summed E-state index contributed by atoms with van der Waals surface area (Å²) in [6, 6.07) is 9.82. The summed E-state index contributed by atoms with van der Waals surface area (Å²) in [5.74, 6) is 0.0187. The van der Waals surface area contributed by atoms with Gasteiger partial charge in [-0.25, -0.2) is 14.4 Å². The Bertz CT molecular complexity index is 1120. The van der Waals surface area contributed by atoms with Gasteiger partial charge in [-0.1, -0.05) is 23.4 Å². The van der Waals surface area contributed by atoms with Crippen LogP contribution in [0, 0.1) is 5.82 Å². The monoisotopic (exact) mass is 379 g/mol. The molecule has 0 fully saturated rings. The van der Waals surface area contributed by atoms with Crippen LogP contribution in [0.25, 0.3) is 22.9 Å². The highest BCUT2D eigenvalue weighted by Gasteiger charge is 2.17. The second-order valence-corrected chi connectivity index (χ2v) is 5.80. The standard InChI is InChI=1S/C18H14FN7O2/c19-12-4-2-1-3-11(12)9-26-16(13-5-6-28-25-13)7-14(24-26)18-21-8-15(22-10-27)17(20)23-18/h1-8,10H,9H2,(H,22,27)(H2,20,21,23). The first-order valence-corrected chi connectivity index (χ1v) is 8.21. The van der Waals surface area contributed by atoms with E-state index in [1.165, 1.54) is 18.5 Å². The molecule has 1 amide bonds. The van der Waals surface area contributed by atoms with Gasteiger partial charge < -0.3 is 15.6 Å². The molecule has 0 aliphatic rings. The summed E-state index contributed by atoms with van der Waals surface area (Å²) in [4.78, 5) is 18.9. The predicted octanol–water partition coefficient (Wildman–Crippen LogP) is 2.33. The lowest BCUT2D eigenvalue weighted by molar-refractivity contribution is -0.105. The highest BCUT2D eigenvalue weighted by Crippen LogP contribution is 2.26. The molecular weight excluding hydrogens is 365 g/mol. The molecule has 9 nitrogen and oxygen atoms in total. The number of nitrogen functional groups attached to an aromatic ring is 1. The lowest BCUT2D eigenvalue weighted by Crippen LogP contribution is -2.06. The van der Waals surface area contributed by atoms with Crippen LogP contribution in [-0.4, -0.2) is 31.3 Å². The Morgan fingerprint density at radius 2 is 2.11 bits per heavy atom. The SMILES string of the molecule is Nc1nc(-c2cc(-c3ccon3)n(Cc3ccccc3F)n2)ncc1NC=O. The molecule has 28 heavy (non-hydrogen) atoms. The maximum atomic E-state index is 14.1. The van der Waals surface area contributed by atoms with Crippen LogP contribution < -0.4 is 11.1 Å². The zero-order valence-electron chi connectivity index (χ0n) is 14.4. The number of carbonyl (C=O) groups is 1. The van der Waals surface area contributed by atoms with E-state index in [-0.39, 0.29) is 24.0 Å². The van der Waals surface area contributed by atoms with Crippen LogP contribution in [0.3, 0.4) is 0 Å². The van der Waals surface area contributed by atoms with Crippen LogP contribution in [-0.2, 0) is 11.3 Å². The van der Waals surface area contributed by atoms with Gasteiger partial charge in [0.15, 0.2) is 11.6 Å². The van der Waals surface area contributed by atoms with Crippen LogP contribution in [0.2, 0.25) is 0 Å². The van der Waals surface area contributed by atoms with Gasteiger partial charge in [-0.2, -0.15) is 5.10 Å². The Kier molecular flexibility index (Phi) is 4.50. The fraction of sp³-hybridized carbons (Fsp3) is 0.0556. The molecule has 0 saturated carbocycles. The number of anilines is 2. The average Bonchev–Trinajstić information content (AvgIpc) is 3.35. The van der Waals surface area contributed by atoms with E-state index in [2.05, 4.69) is 25.5 Å². The summed E-state index contributed by atoms with van der Waals surface area (Å²) < 4.78 is 20.6. The molecule has 3 N–H and O–H groups in total. The number of aromatic nitrogens is 5. The zero-order valence-corrected chi connectivity index (χ0v) is 14.4. The van der Waals surface area contributed by atoms with Gasteiger partial charge in [0.2, 0.25) is 6.41 Å². The largest absolute Gasteiger partial charge is 0.382 e. The molecule has 4 aromatic rings. The summed E-state index contributed by atoms with van der Waals surface area (Å²) in [6.07, 6.45) is 3.31. The van der Waals surface area contributed by atoms with Crippen LogP contribution >= 0.6 is 0 Å². The third kappa shape index (κ3) is 3.30. The molecule has 4 rings (SSSR count). The summed E-state index contributed by atoms with van der Waals surface area (Å²) in [7, 11) is 0. The lowest BCUT2D eigenvalue weighted by atomic mass is 10.2. The minimum absolute atomic E-state index is 0.101. The maximum Gasteiger partial charge on any atom is 0.211 e. The molecule has 0 aliphatic carbocycles. The quantitative estimate of drug-likeness (QED) is 0.493. The van der Waals surface area contributed by atoms with E-state index in [1.807, 2.05) is 0 Å². The number of nitrogens with zero attached hydrogens (tertiary/aromatic N) is 5. The molecular formula is C18H14FN7O2. The lowest BCUT2D eigenvalue weighted by Gasteiger charge is -2.06. The molecule has 0 radical (unpaired) electrons. The van der Waals surface area contributed by atoms with E-state index in [4.69, 9.17) is 10.3 Å². The third-order valence-corrected chi connectivity index (χ3v) is 4.02. The van der Waals surface area contributed by atoms with E-state index >= 15 is 0 Å². The number of hydrogen-bond acceptors (Lipinski definition) is 7. The third-order valence-electron chi connectivity index (χ3n) is 4.02. The predicted molar refractivity (Wildman–Crippen MR) is 98.4 cm³/mol. The van der Waals surface area contributed by atoms with E-state index in [1.54, 1.807) is 35.0 Å². The topological polar surface area (TPSA) is 125 Å². The van der Waals surface area contributed by atoms with E-state index in [9.17, 15) is 9.18 Å². The maximum absolute atomic E-state index is 14.1. The molecule has 3 heterocycles. The molecule has 0 bridgehead atoms. The van der Waals surface area contributed by atoms with Gasteiger partial charge in [0.05, 0.1) is 18.4 Å². The minimum Gasteiger partial charge on any atom is -0.382 e. The van der Waals surface area contributed by atoms with Crippen molar-refractivity contribution in [2.45, 2.75) is 6.54 Å². The normalized spacial score (nSPS) is 10.8. The van der Waals surface area contributed by atoms with Gasteiger partial charge in [-0.15, -0.1) is 0 Å². The highest BCUT2D eigenvalue weighted by atomic mass is 19.1. The van der Waals surface area contributed by atoms with Crippen molar-refractivity contribution in [3.63, 3.8) is 0 Å². The smallest absolute Gasteiger partial charge is 0.211 e. The molecule has 0 atom stereocenters. The van der Waals surface area contributed by atoms with Crippen molar-refractivity contribution in [3.8, 4) is 22.9 Å². The van der Waals surface area contributed by atoms with Gasteiger partial charge in [0.25, 0.3) is 0 Å². The molecule has 1 aromatic carbocycles. The van der Waals surface area contributed by atoms with Crippen molar-refractivity contribution in [1.29, 1.82) is 0 Å². The van der Waals surface area contributed by atoms with Crippen LogP contribution in [0.4, 0.5) is 15.9 Å². The first kappa shape index (κ1) is 17.3. The number of benzene rings is 1. The van der Waals surface area contributed by atoms with Crippen LogP contribution in [0.5, 0.6) is 0 Å². The number of amides is 1. The average molecular weight is 379 g/mol. The zero-order chi connectivity index (χ0) is 19.5. The Labute approximate surface area is 158 Å². The number of nitrogens with one attached hydrogen (secondary N) is 1. The van der Waals surface area contributed by atoms with Crippen molar-refractivity contribution in [2.24, 2.45) is 0 Å². The van der Waals surface area contributed by atoms with E-state index < -0.39 is 0 Å². The minimum atomic E-state index is -0.338. The second kappa shape index (κ2) is 7.27. The fourth-order valence-corrected chi connectivity index (χ4v) is 2.68. The van der Waals surface area contributed by atoms with Gasteiger partial charge in [0, 0.05) is 11.6 Å². The molecule has 0 spiro atoms. The summed E-state index contributed by atoms with van der Waals surface area (Å²) in [5, 5.41) is 10.8. The van der Waals surface area contributed by atoms with Crippen LogP contribution in [0.15, 0.2) is 53.4 Å².